The number of likely N-dealkylation sites (tertiary alicyclic amines) is 1. The van der Waals surface area contributed by atoms with E-state index in [0.717, 1.165) is 42.5 Å². The first-order valence-electron chi connectivity index (χ1n) is 10.0. The fourth-order valence-electron chi connectivity index (χ4n) is 3.75. The summed E-state index contributed by atoms with van der Waals surface area (Å²) in [6.45, 7) is 2.46. The second kappa shape index (κ2) is 10.3. The molecule has 1 fully saturated rings. The zero-order valence-corrected chi connectivity index (χ0v) is 17.8. The average molecular weight is 417 g/mol. The van der Waals surface area contributed by atoms with Crippen LogP contribution in [0.5, 0.6) is 0 Å². The highest BCUT2D eigenvalue weighted by molar-refractivity contribution is 6.30. The molecule has 0 aliphatic carbocycles. The molecule has 0 spiro atoms. The van der Waals surface area contributed by atoms with Crippen LogP contribution in [0.3, 0.4) is 0 Å². The van der Waals surface area contributed by atoms with Crippen molar-refractivity contribution in [1.29, 1.82) is 0 Å². The van der Waals surface area contributed by atoms with E-state index in [0.29, 0.717) is 18.9 Å². The Morgan fingerprint density at radius 3 is 2.62 bits per heavy atom. The lowest BCUT2D eigenvalue weighted by molar-refractivity contribution is -0.121. The van der Waals surface area contributed by atoms with Gasteiger partial charge in [-0.3, -0.25) is 14.5 Å². The highest BCUT2D eigenvalue weighted by Gasteiger charge is 2.24. The molecule has 0 bridgehead atoms. The van der Waals surface area contributed by atoms with Crippen molar-refractivity contribution in [3.63, 3.8) is 0 Å². The Kier molecular flexibility index (Phi) is 7.52. The average Bonchev–Trinajstić information content (AvgIpc) is 3.27. The Morgan fingerprint density at radius 1 is 1.31 bits per heavy atom. The van der Waals surface area contributed by atoms with Gasteiger partial charge in [-0.1, -0.05) is 23.7 Å². The largest absolute Gasteiger partial charge is 0.359 e. The van der Waals surface area contributed by atoms with Gasteiger partial charge in [0, 0.05) is 57.6 Å². The van der Waals surface area contributed by atoms with E-state index in [4.69, 9.17) is 11.6 Å². The van der Waals surface area contributed by atoms with Crippen molar-refractivity contribution in [3.8, 4) is 0 Å². The number of aromatic nitrogens is 2. The van der Waals surface area contributed by atoms with E-state index in [-0.39, 0.29) is 11.9 Å². The molecule has 1 aliphatic heterocycles. The quantitative estimate of drug-likeness (QED) is 0.560. The number of nitrogens with zero attached hydrogens (tertiary/aromatic N) is 4. The van der Waals surface area contributed by atoms with Gasteiger partial charge in [-0.2, -0.15) is 5.10 Å². The van der Waals surface area contributed by atoms with Gasteiger partial charge in [0.1, 0.15) is 0 Å². The number of guanidine groups is 1. The van der Waals surface area contributed by atoms with Gasteiger partial charge in [-0.15, -0.1) is 0 Å². The molecule has 1 aromatic heterocycles. The lowest BCUT2D eigenvalue weighted by Gasteiger charge is -2.34. The number of carbonyl (C=O) groups is 1. The Hall–Kier alpha value is -2.54. The Labute approximate surface area is 177 Å². The second-order valence-electron chi connectivity index (χ2n) is 7.29. The zero-order chi connectivity index (χ0) is 20.6. The predicted molar refractivity (Wildman–Crippen MR) is 116 cm³/mol. The number of rotatable bonds is 6. The van der Waals surface area contributed by atoms with Crippen molar-refractivity contribution < 1.29 is 4.79 Å². The van der Waals surface area contributed by atoms with Crippen LogP contribution in [-0.4, -0.2) is 60.3 Å². The van der Waals surface area contributed by atoms with Crippen LogP contribution in [0.4, 0.5) is 0 Å². The number of hydrogen-bond donors (Lipinski definition) is 2. The first-order valence-corrected chi connectivity index (χ1v) is 10.4. The van der Waals surface area contributed by atoms with Gasteiger partial charge in [0.25, 0.3) is 0 Å². The summed E-state index contributed by atoms with van der Waals surface area (Å²) in [7, 11) is 3.50. The van der Waals surface area contributed by atoms with Crippen molar-refractivity contribution in [2.24, 2.45) is 10.9 Å². The summed E-state index contributed by atoms with van der Waals surface area (Å²) >= 11 is 6.06. The summed E-state index contributed by atoms with van der Waals surface area (Å²) in [6.07, 6.45) is 6.35. The summed E-state index contributed by atoms with van der Waals surface area (Å²) < 4.78 is 1.94. The van der Waals surface area contributed by atoms with E-state index in [9.17, 15) is 4.79 Å². The van der Waals surface area contributed by atoms with Gasteiger partial charge in [-0.25, -0.2) is 0 Å². The normalized spacial score (nSPS) is 16.5. The number of amides is 1. The third-order valence-electron chi connectivity index (χ3n) is 5.43. The molecular formula is C21H29ClN6O. The molecule has 29 heavy (non-hydrogen) atoms. The Morgan fingerprint density at radius 2 is 2.03 bits per heavy atom. The van der Waals surface area contributed by atoms with Crippen molar-refractivity contribution in [2.45, 2.75) is 25.3 Å². The number of hydrogen-bond acceptors (Lipinski definition) is 3. The molecule has 0 radical (unpaired) electrons. The lowest BCUT2D eigenvalue weighted by atomic mass is 9.93. The van der Waals surface area contributed by atoms with E-state index in [1.165, 1.54) is 0 Å². The van der Waals surface area contributed by atoms with Gasteiger partial charge in [0.2, 0.25) is 5.91 Å². The number of carbonyl (C=O) groups excluding carboxylic acids is 1. The molecule has 2 heterocycles. The molecule has 0 saturated carbocycles. The molecule has 1 aliphatic rings. The van der Waals surface area contributed by atoms with Crippen LogP contribution in [0.2, 0.25) is 5.02 Å². The minimum absolute atomic E-state index is 0.0322. The molecule has 2 aromatic rings. The monoisotopic (exact) mass is 416 g/mol. The van der Waals surface area contributed by atoms with Gasteiger partial charge >= 0.3 is 0 Å². The molecule has 1 saturated heterocycles. The van der Waals surface area contributed by atoms with Crippen LogP contribution in [0.1, 0.15) is 30.9 Å². The van der Waals surface area contributed by atoms with Gasteiger partial charge < -0.3 is 15.5 Å². The second-order valence-corrected chi connectivity index (χ2v) is 7.73. The lowest BCUT2D eigenvalue weighted by Crippen LogP contribution is -2.47. The van der Waals surface area contributed by atoms with E-state index in [1.54, 1.807) is 13.2 Å². The van der Waals surface area contributed by atoms with E-state index in [2.05, 4.69) is 25.6 Å². The number of benzene rings is 1. The molecule has 1 atom stereocenters. The summed E-state index contributed by atoms with van der Waals surface area (Å²) in [5.74, 6) is 1.45. The van der Waals surface area contributed by atoms with E-state index < -0.39 is 0 Å². The predicted octanol–water partition coefficient (Wildman–Crippen LogP) is 2.55. The Balaban J connectivity index is 1.61. The first kappa shape index (κ1) is 21.2. The van der Waals surface area contributed by atoms with Crippen molar-refractivity contribution in [2.75, 3.05) is 33.7 Å². The van der Waals surface area contributed by atoms with Crippen molar-refractivity contribution in [3.05, 3.63) is 53.3 Å². The van der Waals surface area contributed by atoms with Crippen molar-refractivity contribution in [1.82, 2.24) is 25.3 Å². The maximum atomic E-state index is 11.6. The molecule has 2 N–H and O–H groups in total. The minimum atomic E-state index is 0.0322. The third kappa shape index (κ3) is 5.73. The highest BCUT2D eigenvalue weighted by Crippen LogP contribution is 2.22. The molecule has 156 valence electrons. The SMILES string of the molecule is CN=C(NCC(c1ccc(Cl)cc1)n1cccn1)N1CCC(CC(=O)NC)CC1. The van der Waals surface area contributed by atoms with Crippen LogP contribution >= 0.6 is 11.6 Å². The van der Waals surface area contributed by atoms with Crippen LogP contribution in [-0.2, 0) is 4.79 Å². The fraction of sp³-hybridized carbons (Fsp3) is 0.476. The maximum absolute atomic E-state index is 11.6. The summed E-state index contributed by atoms with van der Waals surface area (Å²) in [6, 6.07) is 9.82. The maximum Gasteiger partial charge on any atom is 0.220 e. The smallest absolute Gasteiger partial charge is 0.220 e. The highest BCUT2D eigenvalue weighted by atomic mass is 35.5. The first-order chi connectivity index (χ1) is 14.1. The molecule has 1 unspecified atom stereocenters. The number of aliphatic imine (C=N–C) groups is 1. The van der Waals surface area contributed by atoms with Crippen LogP contribution in [0.15, 0.2) is 47.7 Å². The van der Waals surface area contributed by atoms with Gasteiger partial charge in [0.05, 0.1) is 6.04 Å². The minimum Gasteiger partial charge on any atom is -0.359 e. The van der Waals surface area contributed by atoms with Gasteiger partial charge in [-0.05, 0) is 42.5 Å². The summed E-state index contributed by atoms with van der Waals surface area (Å²) in [5.41, 5.74) is 1.13. The topological polar surface area (TPSA) is 74.5 Å². The van der Waals surface area contributed by atoms with Crippen molar-refractivity contribution >= 4 is 23.5 Å². The third-order valence-corrected chi connectivity index (χ3v) is 5.68. The van der Waals surface area contributed by atoms with Gasteiger partial charge in [0.15, 0.2) is 5.96 Å². The fourth-order valence-corrected chi connectivity index (χ4v) is 3.87. The molecular weight excluding hydrogens is 388 g/mol. The van der Waals surface area contributed by atoms with E-state index >= 15 is 0 Å². The van der Waals surface area contributed by atoms with Crippen LogP contribution < -0.4 is 10.6 Å². The van der Waals surface area contributed by atoms with Crippen LogP contribution in [0.25, 0.3) is 0 Å². The molecule has 1 amide bonds. The van der Waals surface area contributed by atoms with E-state index in [1.807, 2.05) is 48.3 Å². The number of piperidine rings is 1. The summed E-state index contributed by atoms with van der Waals surface area (Å²) in [5, 5.41) is 11.4. The Bertz CT molecular complexity index is 797. The molecule has 7 nitrogen and oxygen atoms in total. The zero-order valence-electron chi connectivity index (χ0n) is 17.0. The standard InChI is InChI=1S/C21H29ClN6O/c1-23-20(29)14-16-8-12-27(13-9-16)21(24-2)25-15-19(28-11-3-10-26-28)17-4-6-18(22)7-5-17/h3-7,10-11,16,19H,8-9,12-15H2,1-2H3,(H,23,29)(H,24,25). The summed E-state index contributed by atoms with van der Waals surface area (Å²) in [4.78, 5) is 18.4. The number of halogens is 1. The molecule has 8 heteroatoms. The van der Waals surface area contributed by atoms with Crippen LogP contribution in [0, 0.1) is 5.92 Å². The number of nitrogens with one attached hydrogen (secondary N) is 2. The molecule has 1 aromatic carbocycles. The molecule has 3 rings (SSSR count).